The van der Waals surface area contributed by atoms with Crippen LogP contribution in [0.25, 0.3) is 0 Å². The summed E-state index contributed by atoms with van der Waals surface area (Å²) in [7, 11) is 0. The molecular weight excluding hydrogens is 396 g/mol. The highest BCUT2D eigenvalue weighted by Gasteiger charge is 2.25. The third kappa shape index (κ3) is 7.27. The first-order chi connectivity index (χ1) is 14.9. The number of ether oxygens (including phenoxy) is 2. The van der Waals surface area contributed by atoms with Gasteiger partial charge in [0.25, 0.3) is 0 Å². The number of carbonyl (C=O) groups is 1. The Labute approximate surface area is 183 Å². The van der Waals surface area contributed by atoms with E-state index in [2.05, 4.69) is 39.4 Å². The van der Waals surface area contributed by atoms with Crippen LogP contribution < -0.4 is 15.4 Å². The van der Waals surface area contributed by atoms with Crippen molar-refractivity contribution in [2.75, 3.05) is 30.3 Å². The highest BCUT2D eigenvalue weighted by molar-refractivity contribution is 5.67. The predicted molar refractivity (Wildman–Crippen MR) is 120 cm³/mol. The van der Waals surface area contributed by atoms with Crippen molar-refractivity contribution in [1.82, 2.24) is 19.9 Å². The standard InChI is InChI=1S/C22H32N6O3/c1-15(2)12-23-19-6-5-17(13-24-19)27-20-11-21(26-14-25-20)31-18-7-9-28(10-8-18)22(29)30-16(3)4/h5-6,11,13-16,18H,7-10,12H2,1-4H3,(H,23,24)(H,25,26,27). The van der Waals surface area contributed by atoms with E-state index in [0.29, 0.717) is 30.7 Å². The number of nitrogens with zero attached hydrogens (tertiary/aromatic N) is 4. The first kappa shape index (κ1) is 22.6. The molecule has 0 bridgehead atoms. The maximum absolute atomic E-state index is 12.0. The van der Waals surface area contributed by atoms with Gasteiger partial charge in [0, 0.05) is 38.5 Å². The molecule has 1 fully saturated rings. The molecule has 0 unspecified atom stereocenters. The monoisotopic (exact) mass is 428 g/mol. The molecular formula is C22H32N6O3. The van der Waals surface area contributed by atoms with Gasteiger partial charge in [-0.05, 0) is 31.9 Å². The molecule has 0 radical (unpaired) electrons. The number of amides is 1. The second kappa shape index (κ2) is 10.8. The molecule has 31 heavy (non-hydrogen) atoms. The van der Waals surface area contributed by atoms with Crippen LogP contribution in [0.2, 0.25) is 0 Å². The van der Waals surface area contributed by atoms with Crippen LogP contribution in [-0.2, 0) is 4.74 Å². The zero-order valence-corrected chi connectivity index (χ0v) is 18.7. The van der Waals surface area contributed by atoms with Gasteiger partial charge >= 0.3 is 6.09 Å². The van der Waals surface area contributed by atoms with Gasteiger partial charge in [-0.2, -0.15) is 0 Å². The summed E-state index contributed by atoms with van der Waals surface area (Å²) in [4.78, 5) is 26.6. The van der Waals surface area contributed by atoms with Crippen molar-refractivity contribution in [3.8, 4) is 5.88 Å². The minimum absolute atomic E-state index is 0.00108. The van der Waals surface area contributed by atoms with Crippen LogP contribution in [0.4, 0.5) is 22.1 Å². The lowest BCUT2D eigenvalue weighted by Crippen LogP contribution is -2.42. The molecule has 1 amide bonds. The maximum atomic E-state index is 12.0. The molecule has 168 valence electrons. The zero-order chi connectivity index (χ0) is 22.2. The number of piperidine rings is 1. The van der Waals surface area contributed by atoms with Gasteiger partial charge in [0.1, 0.15) is 24.1 Å². The van der Waals surface area contributed by atoms with Crippen LogP contribution >= 0.6 is 0 Å². The van der Waals surface area contributed by atoms with E-state index in [4.69, 9.17) is 9.47 Å². The molecule has 1 aliphatic rings. The molecule has 0 aromatic carbocycles. The number of aromatic nitrogens is 3. The smallest absolute Gasteiger partial charge is 0.410 e. The molecule has 9 heteroatoms. The summed E-state index contributed by atoms with van der Waals surface area (Å²) < 4.78 is 11.3. The average molecular weight is 429 g/mol. The van der Waals surface area contributed by atoms with Gasteiger partial charge in [0.05, 0.1) is 18.0 Å². The average Bonchev–Trinajstić information content (AvgIpc) is 2.73. The van der Waals surface area contributed by atoms with Crippen molar-refractivity contribution in [2.24, 2.45) is 5.92 Å². The summed E-state index contributed by atoms with van der Waals surface area (Å²) in [6, 6.07) is 5.65. The fourth-order valence-corrected chi connectivity index (χ4v) is 3.10. The summed E-state index contributed by atoms with van der Waals surface area (Å²) in [5.74, 6) is 2.53. The van der Waals surface area contributed by atoms with Crippen molar-refractivity contribution in [1.29, 1.82) is 0 Å². The number of rotatable bonds is 8. The normalized spacial score (nSPS) is 14.6. The Morgan fingerprint density at radius 3 is 2.55 bits per heavy atom. The quantitative estimate of drug-likeness (QED) is 0.649. The van der Waals surface area contributed by atoms with Crippen LogP contribution in [0.1, 0.15) is 40.5 Å². The number of hydrogen-bond donors (Lipinski definition) is 2. The number of likely N-dealkylation sites (tertiary alicyclic amines) is 1. The third-order valence-electron chi connectivity index (χ3n) is 4.69. The zero-order valence-electron chi connectivity index (χ0n) is 18.7. The van der Waals surface area contributed by atoms with E-state index in [0.717, 1.165) is 30.9 Å². The number of hydrogen-bond acceptors (Lipinski definition) is 8. The van der Waals surface area contributed by atoms with Crippen molar-refractivity contribution in [3.63, 3.8) is 0 Å². The van der Waals surface area contributed by atoms with Gasteiger partial charge in [-0.15, -0.1) is 0 Å². The van der Waals surface area contributed by atoms with Crippen LogP contribution in [0, 0.1) is 5.92 Å². The summed E-state index contributed by atoms with van der Waals surface area (Å²) >= 11 is 0. The van der Waals surface area contributed by atoms with Gasteiger partial charge in [0.2, 0.25) is 5.88 Å². The molecule has 3 rings (SSSR count). The van der Waals surface area contributed by atoms with E-state index < -0.39 is 0 Å². The Morgan fingerprint density at radius 2 is 1.90 bits per heavy atom. The second-order valence-electron chi connectivity index (χ2n) is 8.31. The molecule has 0 aliphatic carbocycles. The Balaban J connectivity index is 1.50. The first-order valence-electron chi connectivity index (χ1n) is 10.8. The molecule has 0 atom stereocenters. The molecule has 0 spiro atoms. The molecule has 3 heterocycles. The van der Waals surface area contributed by atoms with Gasteiger partial charge < -0.3 is 25.0 Å². The number of nitrogens with one attached hydrogen (secondary N) is 2. The highest BCUT2D eigenvalue weighted by Crippen LogP contribution is 2.21. The molecule has 1 aliphatic heterocycles. The molecule has 2 aromatic heterocycles. The number of pyridine rings is 1. The van der Waals surface area contributed by atoms with Crippen LogP contribution in [0.5, 0.6) is 5.88 Å². The lowest BCUT2D eigenvalue weighted by Gasteiger charge is -2.31. The fraction of sp³-hybridized carbons (Fsp3) is 0.545. The van der Waals surface area contributed by atoms with E-state index in [1.807, 2.05) is 26.0 Å². The minimum atomic E-state index is -0.263. The largest absolute Gasteiger partial charge is 0.474 e. The molecule has 2 aromatic rings. The van der Waals surface area contributed by atoms with Crippen molar-refractivity contribution >= 4 is 23.4 Å². The van der Waals surface area contributed by atoms with E-state index in [-0.39, 0.29) is 18.3 Å². The number of carbonyl (C=O) groups excluding carboxylic acids is 1. The summed E-state index contributed by atoms with van der Waals surface area (Å²) in [5.41, 5.74) is 0.830. The SMILES string of the molecule is CC(C)CNc1ccc(Nc2cc(OC3CCN(C(=O)OC(C)C)CC3)ncn2)cn1. The minimum Gasteiger partial charge on any atom is -0.474 e. The summed E-state index contributed by atoms with van der Waals surface area (Å²) in [6.45, 7) is 10.1. The first-order valence-corrected chi connectivity index (χ1v) is 10.8. The Hall–Kier alpha value is -3.10. The van der Waals surface area contributed by atoms with Gasteiger partial charge in [-0.1, -0.05) is 13.8 Å². The lowest BCUT2D eigenvalue weighted by atomic mass is 10.1. The lowest BCUT2D eigenvalue weighted by molar-refractivity contribution is 0.0507. The van der Waals surface area contributed by atoms with Crippen molar-refractivity contribution in [3.05, 3.63) is 30.7 Å². The Morgan fingerprint density at radius 1 is 1.13 bits per heavy atom. The van der Waals surface area contributed by atoms with Crippen LogP contribution in [-0.4, -0.2) is 57.8 Å². The number of anilines is 3. The van der Waals surface area contributed by atoms with Gasteiger partial charge in [-0.25, -0.2) is 19.7 Å². The summed E-state index contributed by atoms with van der Waals surface area (Å²) in [5, 5.41) is 6.51. The van der Waals surface area contributed by atoms with E-state index in [1.54, 1.807) is 17.2 Å². The van der Waals surface area contributed by atoms with Gasteiger partial charge in [-0.3, -0.25) is 0 Å². The highest BCUT2D eigenvalue weighted by atomic mass is 16.6. The molecule has 1 saturated heterocycles. The van der Waals surface area contributed by atoms with Crippen LogP contribution in [0.3, 0.4) is 0 Å². The Bertz CT molecular complexity index is 835. The maximum Gasteiger partial charge on any atom is 0.410 e. The van der Waals surface area contributed by atoms with Gasteiger partial charge in [0.15, 0.2) is 0 Å². The van der Waals surface area contributed by atoms with Crippen molar-refractivity contribution in [2.45, 2.75) is 52.7 Å². The molecule has 0 saturated carbocycles. The Kier molecular flexibility index (Phi) is 7.86. The topological polar surface area (TPSA) is 102 Å². The summed E-state index contributed by atoms with van der Waals surface area (Å²) in [6.07, 6.45) is 4.32. The fourth-order valence-electron chi connectivity index (χ4n) is 3.10. The third-order valence-corrected chi connectivity index (χ3v) is 4.69. The van der Waals surface area contributed by atoms with Crippen molar-refractivity contribution < 1.29 is 14.3 Å². The predicted octanol–water partition coefficient (Wildman–Crippen LogP) is 4.07. The molecule has 2 N–H and O–H groups in total. The van der Waals surface area contributed by atoms with Crippen LogP contribution in [0.15, 0.2) is 30.7 Å². The second-order valence-corrected chi connectivity index (χ2v) is 8.31. The van der Waals surface area contributed by atoms with E-state index in [9.17, 15) is 4.79 Å². The van der Waals surface area contributed by atoms with E-state index >= 15 is 0 Å². The molecule has 9 nitrogen and oxygen atoms in total. The van der Waals surface area contributed by atoms with E-state index in [1.165, 1.54) is 6.33 Å².